The van der Waals surface area contributed by atoms with E-state index in [0.29, 0.717) is 12.0 Å². The molecule has 0 aromatic heterocycles. The van der Waals surface area contributed by atoms with Crippen molar-refractivity contribution in [3.63, 3.8) is 0 Å². The van der Waals surface area contributed by atoms with E-state index in [9.17, 15) is 14.4 Å². The number of carbonyl (C=O) groups excluding carboxylic acids is 3. The normalized spacial score (nSPS) is 11.8. The molecule has 0 saturated heterocycles. The van der Waals surface area contributed by atoms with Gasteiger partial charge in [0.1, 0.15) is 6.04 Å². The summed E-state index contributed by atoms with van der Waals surface area (Å²) in [4.78, 5) is 35.9. The standard InChI is InChI=1S/C21H32N2O3/c1-3-4-5-6-7-8-9-10-20(25)23-18(21(22)26)15-19(24)17-13-11-16(2)12-14-17/h11-14,18H,3-10,15H2,1-2H3,(H2,22,26)(H,23,25)/t18-/m1/s1. The largest absolute Gasteiger partial charge is 0.368 e. The zero-order chi connectivity index (χ0) is 19.4. The van der Waals surface area contributed by atoms with Gasteiger partial charge in [-0.1, -0.05) is 75.3 Å². The van der Waals surface area contributed by atoms with Crippen molar-refractivity contribution in [2.75, 3.05) is 0 Å². The molecule has 26 heavy (non-hydrogen) atoms. The molecule has 0 unspecified atom stereocenters. The summed E-state index contributed by atoms with van der Waals surface area (Å²) >= 11 is 0. The maximum absolute atomic E-state index is 12.3. The topological polar surface area (TPSA) is 89.3 Å². The van der Waals surface area contributed by atoms with Crippen LogP contribution in [0.2, 0.25) is 0 Å². The lowest BCUT2D eigenvalue weighted by Gasteiger charge is -2.15. The van der Waals surface area contributed by atoms with Crippen LogP contribution >= 0.6 is 0 Å². The van der Waals surface area contributed by atoms with Crippen LogP contribution in [-0.2, 0) is 9.59 Å². The van der Waals surface area contributed by atoms with Crippen molar-refractivity contribution in [1.82, 2.24) is 5.32 Å². The van der Waals surface area contributed by atoms with E-state index in [1.807, 2.05) is 19.1 Å². The molecule has 0 spiro atoms. The lowest BCUT2D eigenvalue weighted by atomic mass is 10.0. The number of carbonyl (C=O) groups is 3. The minimum atomic E-state index is -0.958. The summed E-state index contributed by atoms with van der Waals surface area (Å²) in [6.45, 7) is 4.12. The van der Waals surface area contributed by atoms with E-state index in [0.717, 1.165) is 24.8 Å². The molecule has 0 aliphatic rings. The molecule has 1 aromatic rings. The van der Waals surface area contributed by atoms with E-state index in [2.05, 4.69) is 12.2 Å². The van der Waals surface area contributed by atoms with Crippen LogP contribution in [0, 0.1) is 6.92 Å². The van der Waals surface area contributed by atoms with E-state index >= 15 is 0 Å². The van der Waals surface area contributed by atoms with Gasteiger partial charge in [-0.15, -0.1) is 0 Å². The third-order valence-corrected chi connectivity index (χ3v) is 4.45. The Morgan fingerprint density at radius 1 is 0.962 bits per heavy atom. The molecule has 1 rings (SSSR count). The summed E-state index contributed by atoms with van der Waals surface area (Å²) in [7, 11) is 0. The Labute approximate surface area is 156 Å². The maximum atomic E-state index is 12.3. The zero-order valence-corrected chi connectivity index (χ0v) is 16.1. The second kappa shape index (κ2) is 12.2. The van der Waals surface area contributed by atoms with E-state index in [1.54, 1.807) is 12.1 Å². The number of benzene rings is 1. The van der Waals surface area contributed by atoms with Gasteiger partial charge in [0.05, 0.1) is 0 Å². The number of nitrogens with one attached hydrogen (secondary N) is 1. The van der Waals surface area contributed by atoms with Gasteiger partial charge >= 0.3 is 0 Å². The number of rotatable bonds is 13. The number of nitrogens with two attached hydrogens (primary N) is 1. The highest BCUT2D eigenvalue weighted by Crippen LogP contribution is 2.10. The molecule has 1 atom stereocenters. The maximum Gasteiger partial charge on any atom is 0.240 e. The molecule has 0 heterocycles. The van der Waals surface area contributed by atoms with Crippen molar-refractivity contribution in [3.05, 3.63) is 35.4 Å². The number of primary amides is 1. The van der Waals surface area contributed by atoms with Crippen molar-refractivity contribution < 1.29 is 14.4 Å². The van der Waals surface area contributed by atoms with Crippen LogP contribution in [0.4, 0.5) is 0 Å². The van der Waals surface area contributed by atoms with Gasteiger partial charge < -0.3 is 11.1 Å². The van der Waals surface area contributed by atoms with Crippen LogP contribution in [0.25, 0.3) is 0 Å². The highest BCUT2D eigenvalue weighted by atomic mass is 16.2. The summed E-state index contributed by atoms with van der Waals surface area (Å²) < 4.78 is 0. The SMILES string of the molecule is CCCCCCCCCC(=O)N[C@H](CC(=O)c1ccc(C)cc1)C(N)=O. The van der Waals surface area contributed by atoms with Gasteiger partial charge in [-0.05, 0) is 13.3 Å². The minimum absolute atomic E-state index is 0.110. The lowest BCUT2D eigenvalue weighted by molar-refractivity contribution is -0.127. The monoisotopic (exact) mass is 360 g/mol. The number of unbranched alkanes of at least 4 members (excludes halogenated alkanes) is 6. The lowest BCUT2D eigenvalue weighted by Crippen LogP contribution is -2.45. The number of amides is 2. The number of hydrogen-bond donors (Lipinski definition) is 2. The Hall–Kier alpha value is -2.17. The van der Waals surface area contributed by atoms with Crippen molar-refractivity contribution >= 4 is 17.6 Å². The first-order valence-corrected chi connectivity index (χ1v) is 9.62. The summed E-state index contributed by atoms with van der Waals surface area (Å²) in [5.74, 6) is -1.11. The number of aryl methyl sites for hydroxylation is 1. The van der Waals surface area contributed by atoms with Gasteiger partial charge in [0.2, 0.25) is 11.8 Å². The molecular weight excluding hydrogens is 328 g/mol. The van der Waals surface area contributed by atoms with E-state index in [1.165, 1.54) is 25.7 Å². The molecule has 5 nitrogen and oxygen atoms in total. The van der Waals surface area contributed by atoms with Crippen molar-refractivity contribution in [1.29, 1.82) is 0 Å². The first-order valence-electron chi connectivity index (χ1n) is 9.62. The van der Waals surface area contributed by atoms with Gasteiger partial charge in [-0.3, -0.25) is 14.4 Å². The molecule has 0 aliphatic carbocycles. The molecule has 3 N–H and O–H groups in total. The Balaban J connectivity index is 2.37. The molecule has 0 fully saturated rings. The van der Waals surface area contributed by atoms with Crippen LogP contribution in [0.1, 0.15) is 80.6 Å². The van der Waals surface area contributed by atoms with Gasteiger partial charge in [0.15, 0.2) is 5.78 Å². The Kier molecular flexibility index (Phi) is 10.3. The number of hydrogen-bond acceptors (Lipinski definition) is 3. The third-order valence-electron chi connectivity index (χ3n) is 4.45. The van der Waals surface area contributed by atoms with E-state index < -0.39 is 11.9 Å². The van der Waals surface area contributed by atoms with Crippen LogP contribution < -0.4 is 11.1 Å². The minimum Gasteiger partial charge on any atom is -0.368 e. The van der Waals surface area contributed by atoms with Crippen molar-refractivity contribution in [3.8, 4) is 0 Å². The Bertz CT molecular complexity index is 581. The van der Waals surface area contributed by atoms with Crippen molar-refractivity contribution in [2.45, 2.75) is 77.7 Å². The molecule has 0 aliphatic heterocycles. The second-order valence-corrected chi connectivity index (χ2v) is 6.89. The van der Waals surface area contributed by atoms with E-state index in [4.69, 9.17) is 5.73 Å². The first kappa shape index (κ1) is 21.9. The van der Waals surface area contributed by atoms with Crippen molar-refractivity contribution in [2.24, 2.45) is 5.73 Å². The quantitative estimate of drug-likeness (QED) is 0.415. The average Bonchev–Trinajstić information content (AvgIpc) is 2.60. The fourth-order valence-corrected chi connectivity index (χ4v) is 2.77. The van der Waals surface area contributed by atoms with Crippen LogP contribution in [0.3, 0.4) is 0 Å². The molecule has 144 valence electrons. The predicted molar refractivity (Wildman–Crippen MR) is 104 cm³/mol. The van der Waals surface area contributed by atoms with Gasteiger partial charge in [-0.2, -0.15) is 0 Å². The molecular formula is C21H32N2O3. The number of ketones is 1. The van der Waals surface area contributed by atoms with Crippen LogP contribution in [0.15, 0.2) is 24.3 Å². The summed E-state index contributed by atoms with van der Waals surface area (Å²) in [5, 5.41) is 2.61. The summed E-state index contributed by atoms with van der Waals surface area (Å²) in [6, 6.07) is 6.16. The van der Waals surface area contributed by atoms with Gasteiger partial charge in [-0.25, -0.2) is 0 Å². The average molecular weight is 360 g/mol. The molecule has 0 radical (unpaired) electrons. The second-order valence-electron chi connectivity index (χ2n) is 6.89. The first-order chi connectivity index (χ1) is 12.4. The Morgan fingerprint density at radius 2 is 1.54 bits per heavy atom. The van der Waals surface area contributed by atoms with Gasteiger partial charge in [0, 0.05) is 18.4 Å². The molecule has 5 heteroatoms. The highest BCUT2D eigenvalue weighted by molar-refractivity contribution is 6.00. The highest BCUT2D eigenvalue weighted by Gasteiger charge is 2.22. The fraction of sp³-hybridized carbons (Fsp3) is 0.571. The third kappa shape index (κ3) is 8.79. The fourth-order valence-electron chi connectivity index (χ4n) is 2.77. The van der Waals surface area contributed by atoms with E-state index in [-0.39, 0.29) is 18.1 Å². The van der Waals surface area contributed by atoms with Crippen LogP contribution in [-0.4, -0.2) is 23.6 Å². The summed E-state index contributed by atoms with van der Waals surface area (Å²) in [6.07, 6.45) is 8.08. The smallest absolute Gasteiger partial charge is 0.240 e. The predicted octanol–water partition coefficient (Wildman–Crippen LogP) is 3.68. The van der Waals surface area contributed by atoms with Crippen LogP contribution in [0.5, 0.6) is 0 Å². The molecule has 0 saturated carbocycles. The number of Topliss-reactive ketones (excluding diaryl/α,β-unsaturated/α-hetero) is 1. The molecule has 2 amide bonds. The zero-order valence-electron chi connectivity index (χ0n) is 16.1. The Morgan fingerprint density at radius 3 is 2.12 bits per heavy atom. The molecule has 1 aromatic carbocycles. The molecule has 0 bridgehead atoms. The van der Waals surface area contributed by atoms with Gasteiger partial charge in [0.25, 0.3) is 0 Å². The summed E-state index contributed by atoms with van der Waals surface area (Å²) in [5.41, 5.74) is 6.92.